The molecular weight excluding hydrogens is 376 g/mol. The second-order valence-corrected chi connectivity index (χ2v) is 7.71. The van der Waals surface area contributed by atoms with Crippen LogP contribution in [0.2, 0.25) is 0 Å². The van der Waals surface area contributed by atoms with Crippen LogP contribution in [0.25, 0.3) is 22.0 Å². The number of carbonyl (C=O) groups excluding carboxylic acids is 1. The molecule has 0 saturated carbocycles. The highest BCUT2D eigenvalue weighted by Gasteiger charge is 2.16. The summed E-state index contributed by atoms with van der Waals surface area (Å²) >= 11 is 0. The number of hydrogen-bond donors (Lipinski definition) is 0. The van der Waals surface area contributed by atoms with Crippen LogP contribution in [0, 0.1) is 0 Å². The lowest BCUT2D eigenvalue weighted by Gasteiger charge is -2.16. The Bertz CT molecular complexity index is 1230. The standard InChI is InChI=1S/C23H22N6O/c1-28-15-21(26-27-28)16-4-5-18-14-25-20(11-19(18)10-16)13-22(30)17-6-7-24-23(12-17)29-8-2-3-9-29/h4-7,10-12,14-15H,2-3,8-9,13H2,1H3. The van der Waals surface area contributed by atoms with Gasteiger partial charge in [-0.2, -0.15) is 0 Å². The number of fused-ring (bicyclic) bond motifs is 1. The maximum Gasteiger partial charge on any atom is 0.169 e. The Kier molecular flexibility index (Phi) is 4.71. The number of Topliss-reactive ketones (excluding diaryl/α,β-unsaturated/α-hetero) is 1. The zero-order valence-corrected chi connectivity index (χ0v) is 16.8. The lowest BCUT2D eigenvalue weighted by Crippen LogP contribution is -2.19. The van der Waals surface area contributed by atoms with Crippen molar-refractivity contribution in [2.75, 3.05) is 18.0 Å². The quantitative estimate of drug-likeness (QED) is 0.479. The molecule has 0 aliphatic carbocycles. The van der Waals surface area contributed by atoms with Gasteiger partial charge in [0.15, 0.2) is 5.78 Å². The number of aryl methyl sites for hydroxylation is 1. The summed E-state index contributed by atoms with van der Waals surface area (Å²) in [5.41, 5.74) is 3.24. The van der Waals surface area contributed by atoms with E-state index >= 15 is 0 Å². The molecule has 1 aliphatic heterocycles. The van der Waals surface area contributed by atoms with E-state index in [1.165, 1.54) is 12.8 Å². The number of carbonyl (C=O) groups is 1. The number of hydrogen-bond acceptors (Lipinski definition) is 6. The monoisotopic (exact) mass is 398 g/mol. The number of pyridine rings is 2. The summed E-state index contributed by atoms with van der Waals surface area (Å²) in [5, 5.41) is 10.2. The van der Waals surface area contributed by atoms with Crippen LogP contribution in [0.4, 0.5) is 5.82 Å². The summed E-state index contributed by atoms with van der Waals surface area (Å²) in [6, 6.07) is 11.8. The first-order valence-corrected chi connectivity index (χ1v) is 10.2. The highest BCUT2D eigenvalue weighted by molar-refractivity contribution is 5.98. The fraction of sp³-hybridized carbons (Fsp3) is 0.261. The van der Waals surface area contributed by atoms with Gasteiger partial charge in [0.2, 0.25) is 0 Å². The molecule has 0 radical (unpaired) electrons. The Hall–Kier alpha value is -3.61. The smallest absolute Gasteiger partial charge is 0.169 e. The predicted molar refractivity (Wildman–Crippen MR) is 115 cm³/mol. The van der Waals surface area contributed by atoms with Crippen LogP contribution in [0.5, 0.6) is 0 Å². The molecule has 0 N–H and O–H groups in total. The summed E-state index contributed by atoms with van der Waals surface area (Å²) in [7, 11) is 1.85. The van der Waals surface area contributed by atoms with Crippen LogP contribution in [-0.4, -0.2) is 43.8 Å². The normalized spacial score (nSPS) is 13.8. The highest BCUT2D eigenvalue weighted by Crippen LogP contribution is 2.24. The van der Waals surface area contributed by atoms with Crippen LogP contribution in [-0.2, 0) is 13.5 Å². The zero-order valence-electron chi connectivity index (χ0n) is 16.8. The fourth-order valence-electron chi connectivity index (χ4n) is 3.90. The van der Waals surface area contributed by atoms with Gasteiger partial charge in [0.05, 0.1) is 12.6 Å². The van der Waals surface area contributed by atoms with Crippen molar-refractivity contribution in [3.05, 3.63) is 66.2 Å². The molecule has 5 rings (SSSR count). The summed E-state index contributed by atoms with van der Waals surface area (Å²) in [6.07, 6.45) is 8.04. The van der Waals surface area contributed by atoms with Crippen LogP contribution >= 0.6 is 0 Å². The van der Waals surface area contributed by atoms with E-state index in [4.69, 9.17) is 0 Å². The fourth-order valence-corrected chi connectivity index (χ4v) is 3.90. The van der Waals surface area contributed by atoms with Crippen LogP contribution in [0.3, 0.4) is 0 Å². The topological polar surface area (TPSA) is 76.8 Å². The minimum atomic E-state index is 0.0507. The maximum absolute atomic E-state index is 12.9. The van der Waals surface area contributed by atoms with E-state index in [2.05, 4.69) is 31.2 Å². The van der Waals surface area contributed by atoms with E-state index in [1.807, 2.05) is 43.7 Å². The predicted octanol–water partition coefficient (Wildman–Crippen LogP) is 3.45. The number of benzene rings is 1. The van der Waals surface area contributed by atoms with Crippen LogP contribution in [0.1, 0.15) is 28.9 Å². The molecule has 0 atom stereocenters. The van der Waals surface area contributed by atoms with Crippen molar-refractivity contribution in [1.29, 1.82) is 0 Å². The third-order valence-electron chi connectivity index (χ3n) is 5.52. The molecule has 1 saturated heterocycles. The van der Waals surface area contributed by atoms with E-state index in [-0.39, 0.29) is 12.2 Å². The molecule has 1 aliphatic rings. The summed E-state index contributed by atoms with van der Waals surface area (Å²) in [6.45, 7) is 2.01. The number of aromatic nitrogens is 5. The van der Waals surface area contributed by atoms with Crippen molar-refractivity contribution in [2.45, 2.75) is 19.3 Å². The maximum atomic E-state index is 12.9. The first-order chi connectivity index (χ1) is 14.7. The van der Waals surface area contributed by atoms with E-state index < -0.39 is 0 Å². The van der Waals surface area contributed by atoms with Crippen molar-refractivity contribution in [1.82, 2.24) is 25.0 Å². The average Bonchev–Trinajstić information content (AvgIpc) is 3.45. The Morgan fingerprint density at radius 2 is 1.90 bits per heavy atom. The molecule has 150 valence electrons. The first kappa shape index (κ1) is 18.4. The van der Waals surface area contributed by atoms with Crippen LogP contribution < -0.4 is 4.90 Å². The zero-order chi connectivity index (χ0) is 20.5. The highest BCUT2D eigenvalue weighted by atomic mass is 16.1. The molecule has 0 unspecified atom stereocenters. The summed E-state index contributed by atoms with van der Waals surface area (Å²) < 4.78 is 1.68. The van der Waals surface area contributed by atoms with Gasteiger partial charge in [0.25, 0.3) is 0 Å². The Morgan fingerprint density at radius 3 is 2.70 bits per heavy atom. The number of nitrogens with zero attached hydrogens (tertiary/aromatic N) is 6. The van der Waals surface area contributed by atoms with Gasteiger partial charge in [-0.25, -0.2) is 4.98 Å². The minimum Gasteiger partial charge on any atom is -0.357 e. The molecule has 1 aromatic carbocycles. The number of anilines is 1. The second-order valence-electron chi connectivity index (χ2n) is 7.71. The Labute approximate surface area is 174 Å². The molecule has 0 amide bonds. The van der Waals surface area contributed by atoms with E-state index in [0.717, 1.165) is 46.6 Å². The molecule has 0 bridgehead atoms. The molecule has 3 aromatic heterocycles. The molecule has 4 heterocycles. The molecule has 7 heteroatoms. The summed E-state index contributed by atoms with van der Waals surface area (Å²) in [5.74, 6) is 0.938. The molecular formula is C23H22N6O. The van der Waals surface area contributed by atoms with Crippen molar-refractivity contribution < 1.29 is 4.79 Å². The van der Waals surface area contributed by atoms with Crippen molar-refractivity contribution in [3.8, 4) is 11.3 Å². The van der Waals surface area contributed by atoms with Gasteiger partial charge in [0, 0.05) is 54.7 Å². The first-order valence-electron chi connectivity index (χ1n) is 10.2. The molecule has 30 heavy (non-hydrogen) atoms. The van der Waals surface area contributed by atoms with Gasteiger partial charge < -0.3 is 4.90 Å². The van der Waals surface area contributed by atoms with Gasteiger partial charge in [-0.3, -0.25) is 14.5 Å². The average molecular weight is 398 g/mol. The van der Waals surface area contributed by atoms with Crippen molar-refractivity contribution >= 4 is 22.4 Å². The van der Waals surface area contributed by atoms with E-state index in [1.54, 1.807) is 16.9 Å². The molecule has 0 spiro atoms. The van der Waals surface area contributed by atoms with Crippen LogP contribution in [0.15, 0.2) is 55.0 Å². The molecule has 4 aromatic rings. The van der Waals surface area contributed by atoms with Gasteiger partial charge in [-0.05, 0) is 42.5 Å². The molecule has 7 nitrogen and oxygen atoms in total. The van der Waals surface area contributed by atoms with Gasteiger partial charge in [-0.1, -0.05) is 17.3 Å². The lowest BCUT2D eigenvalue weighted by molar-refractivity contribution is 0.0992. The van der Waals surface area contributed by atoms with Gasteiger partial charge >= 0.3 is 0 Å². The third kappa shape index (κ3) is 3.66. The number of rotatable bonds is 5. The minimum absolute atomic E-state index is 0.0507. The number of ketones is 1. The second kappa shape index (κ2) is 7.67. The van der Waals surface area contributed by atoms with E-state index in [0.29, 0.717) is 5.56 Å². The lowest BCUT2D eigenvalue weighted by atomic mass is 10.0. The summed E-state index contributed by atoms with van der Waals surface area (Å²) in [4.78, 5) is 24.1. The van der Waals surface area contributed by atoms with Crippen molar-refractivity contribution in [2.24, 2.45) is 7.05 Å². The van der Waals surface area contributed by atoms with Gasteiger partial charge in [0.1, 0.15) is 11.5 Å². The SMILES string of the molecule is Cn1cc(-c2ccc3cnc(CC(=O)c4ccnc(N5CCCC5)c4)cc3c2)nn1. The largest absolute Gasteiger partial charge is 0.357 e. The molecule has 1 fully saturated rings. The van der Waals surface area contributed by atoms with Gasteiger partial charge in [-0.15, -0.1) is 5.10 Å². The Morgan fingerprint density at radius 1 is 1.03 bits per heavy atom. The van der Waals surface area contributed by atoms with Crippen molar-refractivity contribution in [3.63, 3.8) is 0 Å². The van der Waals surface area contributed by atoms with E-state index in [9.17, 15) is 4.79 Å². The Balaban J connectivity index is 1.39. The third-order valence-corrected chi connectivity index (χ3v) is 5.52.